The van der Waals surface area contributed by atoms with Crippen LogP contribution >= 0.6 is 0 Å². The van der Waals surface area contributed by atoms with Crippen molar-refractivity contribution in [3.63, 3.8) is 0 Å². The summed E-state index contributed by atoms with van der Waals surface area (Å²) in [5.41, 5.74) is -0.637. The van der Waals surface area contributed by atoms with Crippen LogP contribution in [0.2, 0.25) is 0 Å². The molecule has 1 heterocycles. The Morgan fingerprint density at radius 2 is 2.47 bits per heavy atom. The molecule has 0 aliphatic heterocycles. The van der Waals surface area contributed by atoms with Crippen LogP contribution in [-0.4, -0.2) is 29.2 Å². The summed E-state index contributed by atoms with van der Waals surface area (Å²) in [4.78, 5) is 10.8. The number of halogens is 1. The third kappa shape index (κ3) is 2.13. The summed E-state index contributed by atoms with van der Waals surface area (Å²) >= 11 is 0. The SMILES string of the molecule is C[C@@H](CO)Nc1noc2c(C#N)c(F)c(C=O)cc12. The fourth-order valence-corrected chi connectivity index (χ4v) is 1.64. The molecule has 0 aliphatic rings. The summed E-state index contributed by atoms with van der Waals surface area (Å²) in [5.74, 6) is -0.681. The van der Waals surface area contributed by atoms with Crippen molar-refractivity contribution < 1.29 is 18.8 Å². The minimum atomic E-state index is -0.928. The van der Waals surface area contributed by atoms with E-state index in [2.05, 4.69) is 10.5 Å². The van der Waals surface area contributed by atoms with Crippen molar-refractivity contribution in [2.24, 2.45) is 0 Å². The maximum Gasteiger partial charge on any atom is 0.189 e. The second-order valence-electron chi connectivity index (χ2n) is 4.02. The fourth-order valence-electron chi connectivity index (χ4n) is 1.64. The molecular formula is C12H10FN3O3. The molecule has 0 bridgehead atoms. The topological polar surface area (TPSA) is 99.2 Å². The average Bonchev–Trinajstić information content (AvgIpc) is 2.80. The van der Waals surface area contributed by atoms with Crippen LogP contribution in [0.25, 0.3) is 11.0 Å². The molecule has 0 spiro atoms. The summed E-state index contributed by atoms with van der Waals surface area (Å²) in [6.07, 6.45) is 0.321. The molecule has 0 amide bonds. The van der Waals surface area contributed by atoms with Crippen molar-refractivity contribution in [2.45, 2.75) is 13.0 Å². The molecule has 1 atom stereocenters. The second kappa shape index (κ2) is 5.04. The number of benzene rings is 1. The van der Waals surface area contributed by atoms with Gasteiger partial charge in [0.15, 0.2) is 23.5 Å². The lowest BCUT2D eigenvalue weighted by Gasteiger charge is -2.08. The molecule has 7 heteroatoms. The standard InChI is InChI=1S/C12H10FN3O3/c1-6(4-17)15-12-8-2-7(5-18)10(13)9(3-14)11(8)19-16-12/h2,5-6,17H,4H2,1H3,(H,15,16)/t6-/m0/s1. The number of hydrogen-bond acceptors (Lipinski definition) is 6. The molecule has 0 fully saturated rings. The molecule has 0 saturated carbocycles. The number of carbonyl (C=O) groups excluding carboxylic acids is 1. The lowest BCUT2D eigenvalue weighted by molar-refractivity contribution is 0.112. The van der Waals surface area contributed by atoms with Crippen molar-refractivity contribution >= 4 is 23.1 Å². The van der Waals surface area contributed by atoms with Crippen LogP contribution in [0.1, 0.15) is 22.8 Å². The predicted octanol–water partition coefficient (Wildman–Crippen LogP) is 1.44. The number of nitrogens with one attached hydrogen (secondary N) is 1. The van der Waals surface area contributed by atoms with Crippen LogP contribution in [0.4, 0.5) is 10.2 Å². The van der Waals surface area contributed by atoms with Crippen LogP contribution in [-0.2, 0) is 0 Å². The van der Waals surface area contributed by atoms with Crippen LogP contribution in [0.5, 0.6) is 0 Å². The summed E-state index contributed by atoms with van der Waals surface area (Å²) in [6, 6.07) is 2.60. The fraction of sp³-hybridized carbons (Fsp3) is 0.250. The van der Waals surface area contributed by atoms with E-state index in [1.165, 1.54) is 6.07 Å². The average molecular weight is 263 g/mol. The van der Waals surface area contributed by atoms with Crippen LogP contribution in [0, 0.1) is 17.1 Å². The molecule has 2 rings (SSSR count). The molecule has 1 aromatic carbocycles. The highest BCUT2D eigenvalue weighted by molar-refractivity contribution is 5.96. The van der Waals surface area contributed by atoms with E-state index in [1.54, 1.807) is 13.0 Å². The number of anilines is 1. The van der Waals surface area contributed by atoms with Gasteiger partial charge < -0.3 is 14.9 Å². The van der Waals surface area contributed by atoms with Gasteiger partial charge in [0.05, 0.1) is 17.6 Å². The molecule has 2 aromatic rings. The number of fused-ring (bicyclic) bond motifs is 1. The number of nitrogens with zero attached hydrogens (tertiary/aromatic N) is 2. The molecule has 0 aliphatic carbocycles. The van der Waals surface area contributed by atoms with E-state index < -0.39 is 5.82 Å². The summed E-state index contributed by atoms with van der Waals surface area (Å²) in [6.45, 7) is 1.57. The van der Waals surface area contributed by atoms with Gasteiger partial charge in [-0.15, -0.1) is 0 Å². The lowest BCUT2D eigenvalue weighted by atomic mass is 10.1. The number of rotatable bonds is 4. The number of nitriles is 1. The quantitative estimate of drug-likeness (QED) is 0.810. The highest BCUT2D eigenvalue weighted by atomic mass is 19.1. The van der Waals surface area contributed by atoms with Crippen LogP contribution in [0.3, 0.4) is 0 Å². The van der Waals surface area contributed by atoms with Gasteiger partial charge in [0.25, 0.3) is 0 Å². The van der Waals surface area contributed by atoms with E-state index in [4.69, 9.17) is 14.9 Å². The van der Waals surface area contributed by atoms with Gasteiger partial charge in [0.1, 0.15) is 11.6 Å². The first-order valence-corrected chi connectivity index (χ1v) is 5.47. The first kappa shape index (κ1) is 13.0. The molecule has 98 valence electrons. The number of aliphatic hydroxyl groups excluding tert-OH is 1. The number of aldehydes is 1. The molecule has 2 N–H and O–H groups in total. The van der Waals surface area contributed by atoms with Gasteiger partial charge >= 0.3 is 0 Å². The lowest BCUT2D eigenvalue weighted by Crippen LogP contribution is -2.19. The summed E-state index contributed by atoms with van der Waals surface area (Å²) in [7, 11) is 0. The van der Waals surface area contributed by atoms with E-state index in [9.17, 15) is 9.18 Å². The molecular weight excluding hydrogens is 253 g/mol. The van der Waals surface area contributed by atoms with E-state index in [1.807, 2.05) is 0 Å². The number of aromatic nitrogens is 1. The van der Waals surface area contributed by atoms with Crippen molar-refractivity contribution in [1.29, 1.82) is 5.26 Å². The van der Waals surface area contributed by atoms with Crippen molar-refractivity contribution in [1.82, 2.24) is 5.16 Å². The Bertz CT molecular complexity index is 675. The maximum atomic E-state index is 13.7. The Morgan fingerprint density at radius 1 is 1.74 bits per heavy atom. The largest absolute Gasteiger partial charge is 0.394 e. The van der Waals surface area contributed by atoms with Crippen molar-refractivity contribution in [3.05, 3.63) is 23.0 Å². The molecule has 6 nitrogen and oxygen atoms in total. The highest BCUT2D eigenvalue weighted by Gasteiger charge is 2.20. The van der Waals surface area contributed by atoms with E-state index in [0.717, 1.165) is 0 Å². The third-order valence-corrected chi connectivity index (χ3v) is 2.62. The highest BCUT2D eigenvalue weighted by Crippen LogP contribution is 2.29. The minimum Gasteiger partial charge on any atom is -0.394 e. The first-order valence-electron chi connectivity index (χ1n) is 5.47. The van der Waals surface area contributed by atoms with Gasteiger partial charge in [-0.25, -0.2) is 4.39 Å². The van der Waals surface area contributed by atoms with Crippen molar-refractivity contribution in [3.8, 4) is 6.07 Å². The predicted molar refractivity (Wildman–Crippen MR) is 64.2 cm³/mol. The normalized spacial score (nSPS) is 12.1. The molecule has 0 unspecified atom stereocenters. The number of carbonyl (C=O) groups is 1. The Kier molecular flexibility index (Phi) is 3.44. The molecule has 0 saturated heterocycles. The number of hydrogen-bond donors (Lipinski definition) is 2. The number of aliphatic hydroxyl groups is 1. The minimum absolute atomic E-state index is 0.0294. The summed E-state index contributed by atoms with van der Waals surface area (Å²) in [5, 5.41) is 24.7. The van der Waals surface area contributed by atoms with Gasteiger partial charge in [-0.3, -0.25) is 4.79 Å². The Balaban J connectivity index is 2.66. The van der Waals surface area contributed by atoms with Crippen LogP contribution in [0.15, 0.2) is 10.6 Å². The Morgan fingerprint density at radius 3 is 3.05 bits per heavy atom. The monoisotopic (exact) mass is 263 g/mol. The van der Waals surface area contributed by atoms with Crippen molar-refractivity contribution in [2.75, 3.05) is 11.9 Å². The van der Waals surface area contributed by atoms with Gasteiger partial charge in [0, 0.05) is 6.04 Å². The maximum absolute atomic E-state index is 13.7. The van der Waals surface area contributed by atoms with E-state index in [-0.39, 0.29) is 35.2 Å². The van der Waals surface area contributed by atoms with Gasteiger partial charge in [-0.05, 0) is 13.0 Å². The molecule has 1 aromatic heterocycles. The third-order valence-electron chi connectivity index (χ3n) is 2.62. The molecule has 19 heavy (non-hydrogen) atoms. The zero-order valence-corrected chi connectivity index (χ0v) is 9.98. The van der Waals surface area contributed by atoms with E-state index >= 15 is 0 Å². The first-order chi connectivity index (χ1) is 9.12. The molecule has 0 radical (unpaired) electrons. The zero-order chi connectivity index (χ0) is 14.0. The van der Waals surface area contributed by atoms with Gasteiger partial charge in [-0.1, -0.05) is 5.16 Å². The van der Waals surface area contributed by atoms with E-state index in [0.29, 0.717) is 11.7 Å². The summed E-state index contributed by atoms with van der Waals surface area (Å²) < 4.78 is 18.7. The van der Waals surface area contributed by atoms with Gasteiger partial charge in [0.2, 0.25) is 0 Å². The zero-order valence-electron chi connectivity index (χ0n) is 9.98. The Hall–Kier alpha value is -2.46. The van der Waals surface area contributed by atoms with Crippen LogP contribution < -0.4 is 5.32 Å². The smallest absolute Gasteiger partial charge is 0.189 e. The van der Waals surface area contributed by atoms with Gasteiger partial charge in [-0.2, -0.15) is 5.26 Å². The Labute approximate surface area is 107 Å². The second-order valence-corrected chi connectivity index (χ2v) is 4.02.